The largest absolute Gasteiger partial charge is 0.427 e. The van der Waals surface area contributed by atoms with Gasteiger partial charge in [-0.15, -0.1) is 0 Å². The number of rotatable bonds is 9. The summed E-state index contributed by atoms with van der Waals surface area (Å²) in [5.74, 6) is 0.578. The lowest BCUT2D eigenvalue weighted by molar-refractivity contribution is -0.134. The van der Waals surface area contributed by atoms with Gasteiger partial charge in [-0.2, -0.15) is 0 Å². The van der Waals surface area contributed by atoms with Crippen molar-refractivity contribution in [1.82, 2.24) is 0 Å². The van der Waals surface area contributed by atoms with Crippen molar-refractivity contribution in [3.63, 3.8) is 0 Å². The third kappa shape index (κ3) is 7.00. The SMILES string of the molecule is CCCCCCCC(=O)Oc1cccc(CCC)c1. The second-order valence-electron chi connectivity index (χ2n) is 5.04. The molecule has 0 aliphatic rings. The fourth-order valence-electron chi connectivity index (χ4n) is 2.11. The topological polar surface area (TPSA) is 26.3 Å². The highest BCUT2D eigenvalue weighted by Gasteiger charge is 2.05. The quantitative estimate of drug-likeness (QED) is 0.359. The summed E-state index contributed by atoms with van der Waals surface area (Å²) in [6.45, 7) is 4.34. The van der Waals surface area contributed by atoms with E-state index in [-0.39, 0.29) is 5.97 Å². The van der Waals surface area contributed by atoms with Crippen LogP contribution < -0.4 is 4.74 Å². The summed E-state index contributed by atoms with van der Waals surface area (Å²) in [6.07, 6.45) is 8.43. The molecule has 0 N–H and O–H groups in total. The fourth-order valence-corrected chi connectivity index (χ4v) is 2.11. The van der Waals surface area contributed by atoms with Crippen LogP contribution in [0.3, 0.4) is 0 Å². The zero-order valence-corrected chi connectivity index (χ0v) is 12.3. The molecular formula is C17H26O2. The average Bonchev–Trinajstić information content (AvgIpc) is 2.39. The van der Waals surface area contributed by atoms with Crippen molar-refractivity contribution in [2.75, 3.05) is 0 Å². The molecule has 0 aliphatic carbocycles. The summed E-state index contributed by atoms with van der Waals surface area (Å²) >= 11 is 0. The summed E-state index contributed by atoms with van der Waals surface area (Å²) in [5, 5.41) is 0. The van der Waals surface area contributed by atoms with Gasteiger partial charge >= 0.3 is 5.97 Å². The highest BCUT2D eigenvalue weighted by atomic mass is 16.5. The predicted octanol–water partition coefficient (Wildman–Crippen LogP) is 4.91. The van der Waals surface area contributed by atoms with Crippen LogP contribution in [0.5, 0.6) is 5.75 Å². The van der Waals surface area contributed by atoms with E-state index in [0.29, 0.717) is 12.2 Å². The first-order valence-electron chi connectivity index (χ1n) is 7.56. The molecular weight excluding hydrogens is 236 g/mol. The van der Waals surface area contributed by atoms with Gasteiger partial charge in [0.15, 0.2) is 0 Å². The number of unbranched alkanes of at least 4 members (excludes halogenated alkanes) is 4. The molecule has 0 aromatic heterocycles. The Labute approximate surface area is 117 Å². The van der Waals surface area contributed by atoms with Crippen molar-refractivity contribution in [2.45, 2.75) is 65.2 Å². The zero-order valence-electron chi connectivity index (χ0n) is 12.3. The lowest BCUT2D eigenvalue weighted by atomic mass is 10.1. The maximum absolute atomic E-state index is 11.7. The van der Waals surface area contributed by atoms with Crippen molar-refractivity contribution in [1.29, 1.82) is 0 Å². The Morgan fingerprint density at radius 3 is 2.58 bits per heavy atom. The smallest absolute Gasteiger partial charge is 0.311 e. The minimum absolute atomic E-state index is 0.106. The lowest BCUT2D eigenvalue weighted by Gasteiger charge is -2.06. The van der Waals surface area contributed by atoms with E-state index in [1.54, 1.807) is 0 Å². The summed E-state index contributed by atoms with van der Waals surface area (Å²) in [5.41, 5.74) is 1.23. The van der Waals surface area contributed by atoms with Crippen LogP contribution in [0, 0.1) is 0 Å². The number of ether oxygens (including phenoxy) is 1. The van der Waals surface area contributed by atoms with E-state index in [0.717, 1.165) is 25.7 Å². The van der Waals surface area contributed by atoms with Gasteiger partial charge in [-0.1, -0.05) is 58.1 Å². The molecule has 0 spiro atoms. The van der Waals surface area contributed by atoms with Gasteiger partial charge in [-0.3, -0.25) is 4.79 Å². The molecule has 0 atom stereocenters. The number of esters is 1. The van der Waals surface area contributed by atoms with E-state index in [2.05, 4.69) is 19.9 Å². The number of hydrogen-bond acceptors (Lipinski definition) is 2. The van der Waals surface area contributed by atoms with Crippen LogP contribution in [0.4, 0.5) is 0 Å². The molecule has 0 saturated carbocycles. The van der Waals surface area contributed by atoms with E-state index in [4.69, 9.17) is 4.74 Å². The summed E-state index contributed by atoms with van der Waals surface area (Å²) in [4.78, 5) is 11.7. The third-order valence-electron chi connectivity index (χ3n) is 3.15. The molecule has 1 rings (SSSR count). The highest BCUT2D eigenvalue weighted by molar-refractivity contribution is 5.72. The highest BCUT2D eigenvalue weighted by Crippen LogP contribution is 2.16. The molecule has 2 nitrogen and oxygen atoms in total. The van der Waals surface area contributed by atoms with Crippen LogP contribution in [0.25, 0.3) is 0 Å². The van der Waals surface area contributed by atoms with Crippen LogP contribution in [0.15, 0.2) is 24.3 Å². The van der Waals surface area contributed by atoms with E-state index < -0.39 is 0 Å². The average molecular weight is 262 g/mol. The second-order valence-corrected chi connectivity index (χ2v) is 5.04. The third-order valence-corrected chi connectivity index (χ3v) is 3.15. The van der Waals surface area contributed by atoms with Gasteiger partial charge in [0.25, 0.3) is 0 Å². The van der Waals surface area contributed by atoms with Crippen LogP contribution in [0.1, 0.15) is 64.4 Å². The minimum atomic E-state index is -0.106. The molecule has 19 heavy (non-hydrogen) atoms. The first-order valence-corrected chi connectivity index (χ1v) is 7.56. The monoisotopic (exact) mass is 262 g/mol. The van der Waals surface area contributed by atoms with Crippen LogP contribution in [-0.4, -0.2) is 5.97 Å². The summed E-state index contributed by atoms with van der Waals surface area (Å²) < 4.78 is 5.37. The molecule has 0 unspecified atom stereocenters. The molecule has 1 aromatic carbocycles. The number of hydrogen-bond donors (Lipinski definition) is 0. The molecule has 0 amide bonds. The Morgan fingerprint density at radius 1 is 1.05 bits per heavy atom. The number of aryl methyl sites for hydroxylation is 1. The predicted molar refractivity (Wildman–Crippen MR) is 79.4 cm³/mol. The van der Waals surface area contributed by atoms with Gasteiger partial charge in [0.2, 0.25) is 0 Å². The molecule has 0 radical (unpaired) electrons. The van der Waals surface area contributed by atoms with Crippen LogP contribution in [0.2, 0.25) is 0 Å². The Bertz CT molecular complexity index is 371. The maximum Gasteiger partial charge on any atom is 0.311 e. The summed E-state index contributed by atoms with van der Waals surface area (Å²) in [7, 11) is 0. The molecule has 0 heterocycles. The van der Waals surface area contributed by atoms with Gasteiger partial charge in [-0.25, -0.2) is 0 Å². The zero-order chi connectivity index (χ0) is 13.9. The first kappa shape index (κ1) is 15.7. The Morgan fingerprint density at radius 2 is 1.84 bits per heavy atom. The standard InChI is InChI=1S/C17H26O2/c1-3-5-6-7-8-13-17(18)19-16-12-9-11-15(14-16)10-4-2/h9,11-12,14H,3-8,10,13H2,1-2H3. The maximum atomic E-state index is 11.7. The van der Waals surface area contributed by atoms with E-state index in [1.165, 1.54) is 24.8 Å². The normalized spacial score (nSPS) is 10.4. The van der Waals surface area contributed by atoms with Gasteiger partial charge in [0.05, 0.1) is 0 Å². The summed E-state index contributed by atoms with van der Waals surface area (Å²) in [6, 6.07) is 7.85. The van der Waals surface area contributed by atoms with E-state index >= 15 is 0 Å². The number of carbonyl (C=O) groups is 1. The fraction of sp³-hybridized carbons (Fsp3) is 0.588. The van der Waals surface area contributed by atoms with Gasteiger partial charge < -0.3 is 4.74 Å². The van der Waals surface area contributed by atoms with Gasteiger partial charge in [0, 0.05) is 6.42 Å². The molecule has 0 saturated heterocycles. The number of benzene rings is 1. The molecule has 0 aliphatic heterocycles. The molecule has 2 heteroatoms. The van der Waals surface area contributed by atoms with Crippen molar-refractivity contribution in [2.24, 2.45) is 0 Å². The lowest BCUT2D eigenvalue weighted by Crippen LogP contribution is -2.07. The first-order chi connectivity index (χ1) is 9.26. The Hall–Kier alpha value is -1.31. The molecule has 1 aromatic rings. The van der Waals surface area contributed by atoms with Crippen LogP contribution >= 0.6 is 0 Å². The van der Waals surface area contributed by atoms with Crippen LogP contribution in [-0.2, 0) is 11.2 Å². The molecule has 106 valence electrons. The molecule has 0 bridgehead atoms. The Balaban J connectivity index is 2.29. The van der Waals surface area contributed by atoms with E-state index in [9.17, 15) is 4.79 Å². The second kappa shape index (κ2) is 9.60. The van der Waals surface area contributed by atoms with Crippen molar-refractivity contribution in [3.8, 4) is 5.75 Å². The minimum Gasteiger partial charge on any atom is -0.427 e. The van der Waals surface area contributed by atoms with Crippen molar-refractivity contribution >= 4 is 5.97 Å². The van der Waals surface area contributed by atoms with Gasteiger partial charge in [0.1, 0.15) is 5.75 Å². The van der Waals surface area contributed by atoms with Crippen molar-refractivity contribution in [3.05, 3.63) is 29.8 Å². The Kier molecular flexibility index (Phi) is 7.95. The van der Waals surface area contributed by atoms with Gasteiger partial charge in [-0.05, 0) is 30.5 Å². The van der Waals surface area contributed by atoms with E-state index in [1.807, 2.05) is 18.2 Å². The molecule has 0 fully saturated rings. The van der Waals surface area contributed by atoms with Crippen molar-refractivity contribution < 1.29 is 9.53 Å². The number of carbonyl (C=O) groups excluding carboxylic acids is 1.